The Labute approximate surface area is 197 Å². The van der Waals surface area contributed by atoms with E-state index in [1.807, 2.05) is 40.1 Å². The van der Waals surface area contributed by atoms with Crippen molar-refractivity contribution in [1.82, 2.24) is 14.7 Å². The number of benzene rings is 2. The summed E-state index contributed by atoms with van der Waals surface area (Å²) in [5.74, 6) is 0.0531. The third kappa shape index (κ3) is 8.28. The molecule has 0 atom stereocenters. The molecule has 0 radical (unpaired) electrons. The van der Waals surface area contributed by atoms with Gasteiger partial charge < -0.3 is 9.80 Å². The maximum Gasteiger partial charge on any atom is 0.227 e. The van der Waals surface area contributed by atoms with Gasteiger partial charge in [0, 0.05) is 52.2 Å². The first kappa shape index (κ1) is 24.9. The van der Waals surface area contributed by atoms with E-state index in [0.29, 0.717) is 25.9 Å². The van der Waals surface area contributed by atoms with Crippen molar-refractivity contribution in [2.45, 2.75) is 45.6 Å². The van der Waals surface area contributed by atoms with Crippen molar-refractivity contribution in [3.63, 3.8) is 0 Å². The Balaban J connectivity index is 1.53. The van der Waals surface area contributed by atoms with Gasteiger partial charge in [-0.1, -0.05) is 62.2 Å². The molecule has 33 heavy (non-hydrogen) atoms. The lowest BCUT2D eigenvalue weighted by atomic mass is 10.1. The van der Waals surface area contributed by atoms with Gasteiger partial charge in [-0.15, -0.1) is 0 Å². The fourth-order valence-electron chi connectivity index (χ4n) is 4.15. The van der Waals surface area contributed by atoms with Crippen molar-refractivity contribution in [3.05, 3.63) is 71.5 Å². The monoisotopic (exact) mass is 453 g/mol. The maximum absolute atomic E-state index is 13.3. The molecule has 3 rings (SSSR count). The van der Waals surface area contributed by atoms with Crippen molar-refractivity contribution >= 4 is 11.8 Å². The zero-order chi connectivity index (χ0) is 23.5. The van der Waals surface area contributed by atoms with Gasteiger partial charge in [0.15, 0.2) is 0 Å². The minimum absolute atomic E-state index is 0.0651. The highest BCUT2D eigenvalue weighted by atomic mass is 19.1. The lowest BCUT2D eigenvalue weighted by molar-refractivity contribution is -0.133. The molecule has 2 aromatic carbocycles. The summed E-state index contributed by atoms with van der Waals surface area (Å²) >= 11 is 0. The summed E-state index contributed by atoms with van der Waals surface area (Å²) in [6.07, 6.45) is 4.19. The molecule has 1 heterocycles. The zero-order valence-electron chi connectivity index (χ0n) is 19.7. The van der Waals surface area contributed by atoms with Crippen LogP contribution in [-0.4, -0.2) is 65.8 Å². The fourth-order valence-corrected chi connectivity index (χ4v) is 4.15. The summed E-state index contributed by atoms with van der Waals surface area (Å²) in [6.45, 7) is 7.14. The van der Waals surface area contributed by atoms with E-state index in [1.54, 1.807) is 12.1 Å². The van der Waals surface area contributed by atoms with Gasteiger partial charge in [-0.05, 0) is 29.7 Å². The third-order valence-corrected chi connectivity index (χ3v) is 6.24. The van der Waals surface area contributed by atoms with Gasteiger partial charge in [-0.25, -0.2) is 4.39 Å². The maximum atomic E-state index is 13.3. The Kier molecular flexibility index (Phi) is 9.88. The summed E-state index contributed by atoms with van der Waals surface area (Å²) in [4.78, 5) is 31.6. The second-order valence-electron chi connectivity index (χ2n) is 8.78. The highest BCUT2D eigenvalue weighted by Gasteiger charge is 2.22. The number of unbranched alkanes of at least 4 members (excludes halogenated alkanes) is 2. The molecule has 0 aromatic heterocycles. The van der Waals surface area contributed by atoms with Crippen molar-refractivity contribution in [2.24, 2.45) is 0 Å². The molecular weight excluding hydrogens is 417 g/mol. The SMILES string of the molecule is CCCCCC(=O)N1CCN(CCN(Cc2ccc(F)cc2)C(=O)Cc2ccccc2)CC1. The molecule has 0 N–H and O–H groups in total. The Bertz CT molecular complexity index is 865. The molecule has 0 spiro atoms. The normalized spacial score (nSPS) is 14.3. The van der Waals surface area contributed by atoms with Crippen LogP contribution < -0.4 is 0 Å². The van der Waals surface area contributed by atoms with E-state index in [2.05, 4.69) is 11.8 Å². The van der Waals surface area contributed by atoms with E-state index in [9.17, 15) is 14.0 Å². The number of halogens is 1. The van der Waals surface area contributed by atoms with Crippen LogP contribution in [0.3, 0.4) is 0 Å². The zero-order valence-corrected chi connectivity index (χ0v) is 19.7. The lowest BCUT2D eigenvalue weighted by Gasteiger charge is -2.36. The first-order valence-electron chi connectivity index (χ1n) is 12.1. The number of hydrogen-bond donors (Lipinski definition) is 0. The quantitative estimate of drug-likeness (QED) is 0.481. The van der Waals surface area contributed by atoms with Crippen LogP contribution in [0.4, 0.5) is 4.39 Å². The smallest absolute Gasteiger partial charge is 0.227 e. The first-order valence-corrected chi connectivity index (χ1v) is 12.1. The number of nitrogens with zero attached hydrogens (tertiary/aromatic N) is 3. The molecular formula is C27H36FN3O2. The number of carbonyl (C=O) groups is 2. The predicted molar refractivity (Wildman–Crippen MR) is 129 cm³/mol. The fraction of sp³-hybridized carbons (Fsp3) is 0.481. The molecule has 0 bridgehead atoms. The summed E-state index contributed by atoms with van der Waals surface area (Å²) in [5, 5.41) is 0. The van der Waals surface area contributed by atoms with E-state index < -0.39 is 0 Å². The van der Waals surface area contributed by atoms with Crippen LogP contribution in [0.1, 0.15) is 43.7 Å². The van der Waals surface area contributed by atoms with Crippen molar-refractivity contribution in [2.75, 3.05) is 39.3 Å². The number of amides is 2. The van der Waals surface area contributed by atoms with Gasteiger partial charge in [-0.2, -0.15) is 0 Å². The van der Waals surface area contributed by atoms with E-state index in [1.165, 1.54) is 12.1 Å². The highest BCUT2D eigenvalue weighted by Crippen LogP contribution is 2.12. The molecule has 1 saturated heterocycles. The lowest BCUT2D eigenvalue weighted by Crippen LogP contribution is -2.50. The number of rotatable bonds is 11. The topological polar surface area (TPSA) is 43.9 Å². The average molecular weight is 454 g/mol. The molecule has 0 aliphatic carbocycles. The van der Waals surface area contributed by atoms with Gasteiger partial charge in [0.1, 0.15) is 5.82 Å². The van der Waals surface area contributed by atoms with Gasteiger partial charge in [0.2, 0.25) is 11.8 Å². The van der Waals surface area contributed by atoms with E-state index in [4.69, 9.17) is 0 Å². The van der Waals surface area contributed by atoms with Crippen LogP contribution in [-0.2, 0) is 22.6 Å². The minimum Gasteiger partial charge on any atom is -0.340 e. The molecule has 1 fully saturated rings. The van der Waals surface area contributed by atoms with Crippen LogP contribution in [0.2, 0.25) is 0 Å². The Morgan fingerprint density at radius 2 is 1.61 bits per heavy atom. The molecule has 0 unspecified atom stereocenters. The average Bonchev–Trinajstić information content (AvgIpc) is 2.84. The summed E-state index contributed by atoms with van der Waals surface area (Å²) in [6, 6.07) is 16.1. The second kappa shape index (κ2) is 13.1. The highest BCUT2D eigenvalue weighted by molar-refractivity contribution is 5.78. The van der Waals surface area contributed by atoms with Gasteiger partial charge in [-0.3, -0.25) is 14.5 Å². The number of piperazine rings is 1. The molecule has 0 saturated carbocycles. The molecule has 2 aromatic rings. The number of carbonyl (C=O) groups excluding carboxylic acids is 2. The van der Waals surface area contributed by atoms with Crippen LogP contribution in [0, 0.1) is 5.82 Å². The van der Waals surface area contributed by atoms with E-state index >= 15 is 0 Å². The molecule has 178 valence electrons. The van der Waals surface area contributed by atoms with Crippen LogP contribution in [0.25, 0.3) is 0 Å². The summed E-state index contributed by atoms with van der Waals surface area (Å²) in [5.41, 5.74) is 1.90. The van der Waals surface area contributed by atoms with Crippen molar-refractivity contribution < 1.29 is 14.0 Å². The Morgan fingerprint density at radius 1 is 0.909 bits per heavy atom. The summed E-state index contributed by atoms with van der Waals surface area (Å²) < 4.78 is 13.3. The molecule has 1 aliphatic rings. The minimum atomic E-state index is -0.275. The van der Waals surface area contributed by atoms with E-state index in [0.717, 1.165) is 63.1 Å². The van der Waals surface area contributed by atoms with E-state index in [-0.39, 0.29) is 17.6 Å². The largest absolute Gasteiger partial charge is 0.340 e. The third-order valence-electron chi connectivity index (χ3n) is 6.24. The van der Waals surface area contributed by atoms with Crippen molar-refractivity contribution in [3.8, 4) is 0 Å². The molecule has 2 amide bonds. The first-order chi connectivity index (χ1) is 16.0. The summed E-state index contributed by atoms with van der Waals surface area (Å²) in [7, 11) is 0. The van der Waals surface area contributed by atoms with Gasteiger partial charge in [0.25, 0.3) is 0 Å². The Morgan fingerprint density at radius 3 is 2.27 bits per heavy atom. The van der Waals surface area contributed by atoms with Gasteiger partial charge in [0.05, 0.1) is 6.42 Å². The van der Waals surface area contributed by atoms with Gasteiger partial charge >= 0.3 is 0 Å². The van der Waals surface area contributed by atoms with Crippen LogP contribution in [0.5, 0.6) is 0 Å². The molecule has 5 nitrogen and oxygen atoms in total. The second-order valence-corrected chi connectivity index (χ2v) is 8.78. The predicted octanol–water partition coefficient (Wildman–Crippen LogP) is 4.12. The van der Waals surface area contributed by atoms with Crippen LogP contribution in [0.15, 0.2) is 54.6 Å². The number of hydrogen-bond acceptors (Lipinski definition) is 3. The standard InChI is InChI=1S/C27H36FN3O2/c1-2-3-5-10-26(32)30-18-15-29(16-19-30)17-20-31(22-24-11-13-25(28)14-12-24)27(33)21-23-8-6-4-7-9-23/h4,6-9,11-14H,2-3,5,10,15-22H2,1H3. The molecule has 1 aliphatic heterocycles. The Hall–Kier alpha value is -2.73. The van der Waals surface area contributed by atoms with Crippen LogP contribution >= 0.6 is 0 Å². The van der Waals surface area contributed by atoms with Crippen molar-refractivity contribution in [1.29, 1.82) is 0 Å². The molecule has 6 heteroatoms.